The van der Waals surface area contributed by atoms with Crippen molar-refractivity contribution in [2.24, 2.45) is 0 Å². The Morgan fingerprint density at radius 3 is 2.68 bits per heavy atom. The lowest BCUT2D eigenvalue weighted by Crippen LogP contribution is -1.99. The van der Waals surface area contributed by atoms with Crippen LogP contribution < -0.4 is 0 Å². The molecule has 3 nitrogen and oxygen atoms in total. The third-order valence-electron chi connectivity index (χ3n) is 3.53. The third kappa shape index (κ3) is 2.65. The summed E-state index contributed by atoms with van der Waals surface area (Å²) < 4.78 is 2.20. The molecule has 0 radical (unpaired) electrons. The fraction of sp³-hybridized carbons (Fsp3) is 0.438. The van der Waals surface area contributed by atoms with E-state index in [-0.39, 0.29) is 0 Å². The number of aryl methyl sites for hydroxylation is 1. The van der Waals surface area contributed by atoms with E-state index in [2.05, 4.69) is 31.5 Å². The zero-order valence-corrected chi connectivity index (χ0v) is 11.8. The van der Waals surface area contributed by atoms with E-state index < -0.39 is 5.97 Å². The van der Waals surface area contributed by atoms with Gasteiger partial charge in [-0.3, -0.25) is 0 Å². The van der Waals surface area contributed by atoms with Crippen molar-refractivity contribution >= 4 is 16.9 Å². The summed E-state index contributed by atoms with van der Waals surface area (Å²) in [4.78, 5) is 11.1. The Morgan fingerprint density at radius 2 is 2.11 bits per heavy atom. The minimum absolute atomic E-state index is 0.360. The molecule has 0 saturated carbocycles. The molecule has 0 amide bonds. The van der Waals surface area contributed by atoms with E-state index in [1.165, 1.54) is 10.9 Å². The number of carbonyl (C=O) groups is 1. The van der Waals surface area contributed by atoms with E-state index in [0.29, 0.717) is 11.5 Å². The Bertz CT molecular complexity index is 596. The summed E-state index contributed by atoms with van der Waals surface area (Å²) in [5, 5.41) is 10.3. The first-order valence-corrected chi connectivity index (χ1v) is 6.90. The van der Waals surface area contributed by atoms with Crippen molar-refractivity contribution in [2.75, 3.05) is 0 Å². The molecular formula is C16H21NO2. The van der Waals surface area contributed by atoms with Crippen LogP contribution in [0.4, 0.5) is 0 Å². The summed E-state index contributed by atoms with van der Waals surface area (Å²) in [5.41, 5.74) is 2.69. The van der Waals surface area contributed by atoms with E-state index in [1.807, 2.05) is 6.07 Å². The molecule has 1 aromatic carbocycles. The molecule has 19 heavy (non-hydrogen) atoms. The van der Waals surface area contributed by atoms with Gasteiger partial charge in [-0.15, -0.1) is 0 Å². The average molecular weight is 259 g/mol. The van der Waals surface area contributed by atoms with Crippen molar-refractivity contribution in [3.05, 3.63) is 35.5 Å². The van der Waals surface area contributed by atoms with E-state index >= 15 is 0 Å². The summed E-state index contributed by atoms with van der Waals surface area (Å²) in [5.74, 6) is -0.419. The molecule has 0 atom stereocenters. The monoisotopic (exact) mass is 259 g/mol. The lowest BCUT2D eigenvalue weighted by Gasteiger charge is -2.04. The van der Waals surface area contributed by atoms with Gasteiger partial charge in [-0.2, -0.15) is 0 Å². The van der Waals surface area contributed by atoms with Crippen molar-refractivity contribution in [1.82, 2.24) is 4.57 Å². The van der Waals surface area contributed by atoms with Gasteiger partial charge in [-0.25, -0.2) is 4.79 Å². The molecule has 3 heteroatoms. The lowest BCUT2D eigenvalue weighted by atomic mass is 10.0. The molecule has 0 fully saturated rings. The summed E-state index contributed by atoms with van der Waals surface area (Å²) in [6, 6.07) is 5.43. The van der Waals surface area contributed by atoms with Gasteiger partial charge in [0.2, 0.25) is 0 Å². The molecule has 1 N–H and O–H groups in total. The number of aromatic nitrogens is 1. The van der Waals surface area contributed by atoms with Crippen LogP contribution in [0.1, 0.15) is 55.5 Å². The molecule has 0 aliphatic carbocycles. The van der Waals surface area contributed by atoms with E-state index in [1.54, 1.807) is 12.1 Å². The van der Waals surface area contributed by atoms with Crippen LogP contribution in [-0.4, -0.2) is 15.6 Å². The predicted octanol–water partition coefficient (Wildman–Crippen LogP) is 4.26. The maximum absolute atomic E-state index is 11.1. The first-order chi connectivity index (χ1) is 9.04. The second-order valence-corrected chi connectivity index (χ2v) is 5.32. The number of benzene rings is 1. The predicted molar refractivity (Wildman–Crippen MR) is 77.9 cm³/mol. The number of hydrogen-bond acceptors (Lipinski definition) is 1. The van der Waals surface area contributed by atoms with Gasteiger partial charge in [0.15, 0.2) is 0 Å². The minimum atomic E-state index is -0.865. The highest BCUT2D eigenvalue weighted by atomic mass is 16.4. The zero-order valence-electron chi connectivity index (χ0n) is 11.8. The number of fused-ring (bicyclic) bond motifs is 1. The number of nitrogens with zero attached hydrogens (tertiary/aromatic N) is 1. The smallest absolute Gasteiger partial charge is 0.335 e. The van der Waals surface area contributed by atoms with Crippen molar-refractivity contribution in [1.29, 1.82) is 0 Å². The van der Waals surface area contributed by atoms with Crippen LogP contribution >= 0.6 is 0 Å². The van der Waals surface area contributed by atoms with Gasteiger partial charge in [0.25, 0.3) is 0 Å². The topological polar surface area (TPSA) is 42.2 Å². The number of rotatable bonds is 5. The Morgan fingerprint density at radius 1 is 1.37 bits per heavy atom. The number of carboxylic acids is 1. The molecule has 102 valence electrons. The zero-order chi connectivity index (χ0) is 14.0. The molecule has 2 rings (SSSR count). The molecule has 1 heterocycles. The van der Waals surface area contributed by atoms with Crippen LogP contribution in [0.2, 0.25) is 0 Å². The van der Waals surface area contributed by atoms with Crippen LogP contribution in [0.5, 0.6) is 0 Å². The number of aromatic carboxylic acids is 1. The molecule has 0 spiro atoms. The van der Waals surface area contributed by atoms with Gasteiger partial charge < -0.3 is 9.67 Å². The minimum Gasteiger partial charge on any atom is -0.478 e. The van der Waals surface area contributed by atoms with Crippen molar-refractivity contribution in [3.63, 3.8) is 0 Å². The molecule has 2 aromatic rings. The summed E-state index contributed by atoms with van der Waals surface area (Å²) in [6.07, 6.45) is 4.42. The van der Waals surface area contributed by atoms with Gasteiger partial charge in [0, 0.05) is 23.6 Å². The van der Waals surface area contributed by atoms with Gasteiger partial charge >= 0.3 is 5.97 Å². The normalized spacial score (nSPS) is 11.4. The molecule has 0 aliphatic heterocycles. The fourth-order valence-electron chi connectivity index (χ4n) is 2.43. The average Bonchev–Trinajstić information content (AvgIpc) is 2.74. The molecule has 0 unspecified atom stereocenters. The standard InChI is InChI=1S/C16H21NO2/c1-4-5-8-17-10-14(11(2)3)13-7-6-12(16(18)19)9-15(13)17/h6-7,9-11H,4-5,8H2,1-3H3,(H,18,19). The Hall–Kier alpha value is -1.77. The lowest BCUT2D eigenvalue weighted by molar-refractivity contribution is 0.0697. The summed E-state index contributed by atoms with van der Waals surface area (Å²) >= 11 is 0. The van der Waals surface area contributed by atoms with Gasteiger partial charge in [-0.05, 0) is 30.0 Å². The van der Waals surface area contributed by atoms with Crippen molar-refractivity contribution in [2.45, 2.75) is 46.1 Å². The number of unbranched alkanes of at least 4 members (excludes halogenated alkanes) is 1. The SMILES string of the molecule is CCCCn1cc(C(C)C)c2ccc(C(=O)O)cc21. The van der Waals surface area contributed by atoms with E-state index in [0.717, 1.165) is 24.9 Å². The van der Waals surface area contributed by atoms with Gasteiger partial charge in [0.05, 0.1) is 5.56 Å². The van der Waals surface area contributed by atoms with Gasteiger partial charge in [-0.1, -0.05) is 33.3 Å². The van der Waals surface area contributed by atoms with Crippen LogP contribution in [0.3, 0.4) is 0 Å². The van der Waals surface area contributed by atoms with Crippen LogP contribution in [0.25, 0.3) is 10.9 Å². The highest BCUT2D eigenvalue weighted by Gasteiger charge is 2.13. The molecule has 0 saturated heterocycles. The third-order valence-corrected chi connectivity index (χ3v) is 3.53. The molecule has 0 aliphatic rings. The maximum atomic E-state index is 11.1. The Labute approximate surface area is 113 Å². The second-order valence-electron chi connectivity index (χ2n) is 5.32. The maximum Gasteiger partial charge on any atom is 0.335 e. The van der Waals surface area contributed by atoms with Crippen LogP contribution in [0, 0.1) is 0 Å². The summed E-state index contributed by atoms with van der Waals surface area (Å²) in [6.45, 7) is 7.45. The van der Waals surface area contributed by atoms with Crippen molar-refractivity contribution < 1.29 is 9.90 Å². The molecule has 1 aromatic heterocycles. The summed E-state index contributed by atoms with van der Waals surface area (Å²) in [7, 11) is 0. The quantitative estimate of drug-likeness (QED) is 0.871. The van der Waals surface area contributed by atoms with Crippen molar-refractivity contribution in [3.8, 4) is 0 Å². The largest absolute Gasteiger partial charge is 0.478 e. The molecular weight excluding hydrogens is 238 g/mol. The van der Waals surface area contributed by atoms with Crippen LogP contribution in [0.15, 0.2) is 24.4 Å². The highest BCUT2D eigenvalue weighted by molar-refractivity contribution is 5.94. The van der Waals surface area contributed by atoms with E-state index in [9.17, 15) is 4.79 Å². The second kappa shape index (κ2) is 5.47. The Balaban J connectivity index is 2.58. The number of carboxylic acid groups (broad SMARTS) is 1. The Kier molecular flexibility index (Phi) is 3.93. The highest BCUT2D eigenvalue weighted by Crippen LogP contribution is 2.28. The first kappa shape index (κ1) is 13.7. The van der Waals surface area contributed by atoms with Crippen LogP contribution in [-0.2, 0) is 6.54 Å². The number of hydrogen-bond donors (Lipinski definition) is 1. The fourth-order valence-corrected chi connectivity index (χ4v) is 2.43. The molecule has 0 bridgehead atoms. The first-order valence-electron chi connectivity index (χ1n) is 6.90. The van der Waals surface area contributed by atoms with Gasteiger partial charge in [0.1, 0.15) is 0 Å². The van der Waals surface area contributed by atoms with E-state index in [4.69, 9.17) is 5.11 Å².